The SMILES string of the molecule is C=Cc1ccc(OC)c(-c2ccccc2Cl)c1. The van der Waals surface area contributed by atoms with E-state index in [4.69, 9.17) is 16.3 Å². The van der Waals surface area contributed by atoms with Crippen LogP contribution in [0.4, 0.5) is 0 Å². The molecule has 86 valence electrons. The fourth-order valence-electron chi connectivity index (χ4n) is 1.74. The van der Waals surface area contributed by atoms with Gasteiger partial charge in [-0.15, -0.1) is 0 Å². The largest absolute Gasteiger partial charge is 0.496 e. The molecule has 0 fully saturated rings. The Bertz CT molecular complexity index is 546. The minimum absolute atomic E-state index is 0.715. The maximum Gasteiger partial charge on any atom is 0.126 e. The highest BCUT2D eigenvalue weighted by Gasteiger charge is 2.09. The average Bonchev–Trinajstić information content (AvgIpc) is 2.38. The summed E-state index contributed by atoms with van der Waals surface area (Å²) in [6.45, 7) is 3.77. The summed E-state index contributed by atoms with van der Waals surface area (Å²) in [6, 6.07) is 13.6. The average molecular weight is 245 g/mol. The van der Waals surface area contributed by atoms with Crippen molar-refractivity contribution >= 4 is 17.7 Å². The molecular formula is C15H13ClO. The van der Waals surface area contributed by atoms with Crippen LogP contribution in [0.1, 0.15) is 5.56 Å². The van der Waals surface area contributed by atoms with Gasteiger partial charge in [0.1, 0.15) is 5.75 Å². The highest BCUT2D eigenvalue weighted by molar-refractivity contribution is 6.33. The maximum atomic E-state index is 6.20. The van der Waals surface area contributed by atoms with Gasteiger partial charge in [0.25, 0.3) is 0 Å². The minimum Gasteiger partial charge on any atom is -0.496 e. The van der Waals surface area contributed by atoms with Gasteiger partial charge in [0.2, 0.25) is 0 Å². The van der Waals surface area contributed by atoms with E-state index >= 15 is 0 Å². The lowest BCUT2D eigenvalue weighted by molar-refractivity contribution is 0.416. The molecule has 0 spiro atoms. The molecule has 0 aliphatic rings. The molecule has 1 nitrogen and oxygen atoms in total. The van der Waals surface area contributed by atoms with Gasteiger partial charge in [-0.3, -0.25) is 0 Å². The third-order valence-corrected chi connectivity index (χ3v) is 2.95. The summed E-state index contributed by atoms with van der Waals surface area (Å²) in [7, 11) is 1.66. The van der Waals surface area contributed by atoms with E-state index in [9.17, 15) is 0 Å². The van der Waals surface area contributed by atoms with Gasteiger partial charge in [-0.2, -0.15) is 0 Å². The van der Waals surface area contributed by atoms with Gasteiger partial charge >= 0.3 is 0 Å². The van der Waals surface area contributed by atoms with Crippen molar-refractivity contribution < 1.29 is 4.74 Å². The fraction of sp³-hybridized carbons (Fsp3) is 0.0667. The maximum absolute atomic E-state index is 6.20. The number of halogens is 1. The first kappa shape index (κ1) is 11.7. The van der Waals surface area contributed by atoms with Crippen LogP contribution in [-0.4, -0.2) is 7.11 Å². The zero-order chi connectivity index (χ0) is 12.3. The van der Waals surface area contributed by atoms with Crippen LogP contribution >= 0.6 is 11.6 Å². The first-order valence-electron chi connectivity index (χ1n) is 5.31. The van der Waals surface area contributed by atoms with E-state index in [0.29, 0.717) is 5.02 Å². The Labute approximate surface area is 106 Å². The number of benzene rings is 2. The molecule has 0 amide bonds. The molecule has 0 saturated heterocycles. The Kier molecular flexibility index (Phi) is 3.50. The highest BCUT2D eigenvalue weighted by atomic mass is 35.5. The van der Waals surface area contributed by atoms with E-state index in [1.165, 1.54) is 0 Å². The zero-order valence-electron chi connectivity index (χ0n) is 9.61. The van der Waals surface area contributed by atoms with Crippen LogP contribution in [0.25, 0.3) is 17.2 Å². The van der Waals surface area contributed by atoms with Crippen molar-refractivity contribution in [2.75, 3.05) is 7.11 Å². The lowest BCUT2D eigenvalue weighted by Gasteiger charge is -2.11. The van der Waals surface area contributed by atoms with Crippen molar-refractivity contribution in [3.63, 3.8) is 0 Å². The predicted octanol–water partition coefficient (Wildman–Crippen LogP) is 4.66. The second-order valence-corrected chi connectivity index (χ2v) is 4.05. The van der Waals surface area contributed by atoms with E-state index in [1.54, 1.807) is 13.2 Å². The van der Waals surface area contributed by atoms with Crippen molar-refractivity contribution in [2.24, 2.45) is 0 Å². The third kappa shape index (κ3) is 2.34. The number of hydrogen-bond acceptors (Lipinski definition) is 1. The van der Waals surface area contributed by atoms with Crippen molar-refractivity contribution in [3.05, 3.63) is 59.6 Å². The molecule has 0 bridgehead atoms. The molecule has 0 radical (unpaired) electrons. The summed E-state index contributed by atoms with van der Waals surface area (Å²) in [5.41, 5.74) is 2.99. The summed E-state index contributed by atoms with van der Waals surface area (Å²) < 4.78 is 5.36. The molecule has 2 heteroatoms. The zero-order valence-corrected chi connectivity index (χ0v) is 10.4. The third-order valence-electron chi connectivity index (χ3n) is 2.62. The first-order valence-corrected chi connectivity index (χ1v) is 5.69. The number of methoxy groups -OCH3 is 1. The molecule has 17 heavy (non-hydrogen) atoms. The van der Waals surface area contributed by atoms with Crippen LogP contribution in [0.5, 0.6) is 5.75 Å². The van der Waals surface area contributed by atoms with Crippen LogP contribution in [0.3, 0.4) is 0 Å². The van der Waals surface area contributed by atoms with Crippen molar-refractivity contribution in [3.8, 4) is 16.9 Å². The van der Waals surface area contributed by atoms with Crippen molar-refractivity contribution in [1.29, 1.82) is 0 Å². The lowest BCUT2D eigenvalue weighted by Crippen LogP contribution is -1.89. The van der Waals surface area contributed by atoms with E-state index in [0.717, 1.165) is 22.4 Å². The van der Waals surface area contributed by atoms with Crippen LogP contribution in [-0.2, 0) is 0 Å². The summed E-state index contributed by atoms with van der Waals surface area (Å²) >= 11 is 6.20. The Hall–Kier alpha value is -1.73. The smallest absolute Gasteiger partial charge is 0.126 e. The Morgan fingerprint density at radius 3 is 2.53 bits per heavy atom. The molecule has 0 aromatic heterocycles. The molecule has 2 aromatic carbocycles. The van der Waals surface area contributed by atoms with Crippen LogP contribution in [0.15, 0.2) is 49.0 Å². The first-order chi connectivity index (χ1) is 8.26. The highest BCUT2D eigenvalue weighted by Crippen LogP contribution is 2.35. The molecular weight excluding hydrogens is 232 g/mol. The van der Waals surface area contributed by atoms with Gasteiger partial charge in [-0.25, -0.2) is 0 Å². The monoisotopic (exact) mass is 244 g/mol. The fourth-order valence-corrected chi connectivity index (χ4v) is 1.98. The molecule has 0 aliphatic heterocycles. The molecule has 0 atom stereocenters. The standard InChI is InChI=1S/C15H13ClO/c1-3-11-8-9-15(17-2)13(10-11)12-6-4-5-7-14(12)16/h3-10H,1H2,2H3. The van der Waals surface area contributed by atoms with E-state index in [2.05, 4.69) is 6.58 Å². The molecule has 2 rings (SSSR count). The summed E-state index contributed by atoms with van der Waals surface area (Å²) in [5.74, 6) is 0.809. The minimum atomic E-state index is 0.715. The quantitative estimate of drug-likeness (QED) is 0.763. The van der Waals surface area contributed by atoms with E-state index < -0.39 is 0 Å². The van der Waals surface area contributed by atoms with Gasteiger partial charge in [0.05, 0.1) is 7.11 Å². The van der Waals surface area contributed by atoms with Crippen molar-refractivity contribution in [2.45, 2.75) is 0 Å². The molecule has 0 unspecified atom stereocenters. The molecule has 0 heterocycles. The van der Waals surface area contributed by atoms with Gasteiger partial charge < -0.3 is 4.74 Å². The van der Waals surface area contributed by atoms with E-state index in [-0.39, 0.29) is 0 Å². The Morgan fingerprint density at radius 2 is 1.88 bits per heavy atom. The molecule has 0 N–H and O–H groups in total. The molecule has 0 aliphatic carbocycles. The van der Waals surface area contributed by atoms with Crippen LogP contribution < -0.4 is 4.74 Å². The number of rotatable bonds is 3. The lowest BCUT2D eigenvalue weighted by atomic mass is 10.0. The van der Waals surface area contributed by atoms with E-state index in [1.807, 2.05) is 42.5 Å². The second-order valence-electron chi connectivity index (χ2n) is 3.64. The number of hydrogen-bond donors (Lipinski definition) is 0. The van der Waals surface area contributed by atoms with Crippen LogP contribution in [0, 0.1) is 0 Å². The number of ether oxygens (including phenoxy) is 1. The topological polar surface area (TPSA) is 9.23 Å². The van der Waals surface area contributed by atoms with Crippen molar-refractivity contribution in [1.82, 2.24) is 0 Å². The Balaban J connectivity index is 2.64. The normalized spacial score (nSPS) is 10.0. The summed E-state index contributed by atoms with van der Waals surface area (Å²) in [4.78, 5) is 0. The van der Waals surface area contributed by atoms with Gasteiger partial charge in [0.15, 0.2) is 0 Å². The Morgan fingerprint density at radius 1 is 1.12 bits per heavy atom. The summed E-state index contributed by atoms with van der Waals surface area (Å²) in [6.07, 6.45) is 1.81. The van der Waals surface area contributed by atoms with Gasteiger partial charge in [-0.05, 0) is 23.8 Å². The van der Waals surface area contributed by atoms with Gasteiger partial charge in [0, 0.05) is 16.1 Å². The van der Waals surface area contributed by atoms with Crippen LogP contribution in [0.2, 0.25) is 5.02 Å². The predicted molar refractivity (Wildman–Crippen MR) is 73.5 cm³/mol. The summed E-state index contributed by atoms with van der Waals surface area (Å²) in [5, 5.41) is 0.715. The second kappa shape index (κ2) is 5.07. The molecule has 2 aromatic rings. The molecule has 0 saturated carbocycles. The van der Waals surface area contributed by atoms with Gasteiger partial charge in [-0.1, -0.05) is 48.5 Å².